The molecule has 0 bridgehead atoms. The number of aromatic nitrogens is 2. The molecule has 7 heteroatoms. The first-order valence-corrected chi connectivity index (χ1v) is 9.54. The predicted octanol–water partition coefficient (Wildman–Crippen LogP) is 2.70. The van der Waals surface area contributed by atoms with E-state index in [0.29, 0.717) is 19.0 Å². The second-order valence-electron chi connectivity index (χ2n) is 7.22. The van der Waals surface area contributed by atoms with Gasteiger partial charge in [-0.25, -0.2) is 0 Å². The standard InChI is InChI=1S/C20H28N4O3/c1-14(2)19-22-20(27-23-19)17-5-4-12-24(17)13-18(25)21-11-10-15-6-8-16(26-3)9-7-15/h6-9,14,17H,4-5,10-13H2,1-3H3,(H,21,25)/t17-/m1/s1. The van der Waals surface area contributed by atoms with Crippen LogP contribution in [0.25, 0.3) is 0 Å². The summed E-state index contributed by atoms with van der Waals surface area (Å²) in [7, 11) is 1.65. The van der Waals surface area contributed by atoms with Gasteiger partial charge in [-0.15, -0.1) is 0 Å². The highest BCUT2D eigenvalue weighted by atomic mass is 16.5. The van der Waals surface area contributed by atoms with Gasteiger partial charge in [-0.1, -0.05) is 31.1 Å². The Bertz CT molecular complexity index is 742. The fourth-order valence-electron chi connectivity index (χ4n) is 3.29. The topological polar surface area (TPSA) is 80.5 Å². The zero-order valence-electron chi connectivity index (χ0n) is 16.3. The lowest BCUT2D eigenvalue weighted by molar-refractivity contribution is -0.122. The first-order valence-electron chi connectivity index (χ1n) is 9.54. The highest BCUT2D eigenvalue weighted by Crippen LogP contribution is 2.31. The summed E-state index contributed by atoms with van der Waals surface area (Å²) in [5, 5.41) is 7.05. The number of rotatable bonds is 8. The Balaban J connectivity index is 1.47. The van der Waals surface area contributed by atoms with Crippen molar-refractivity contribution in [3.8, 4) is 5.75 Å². The SMILES string of the molecule is COc1ccc(CCNC(=O)CN2CCC[C@@H]2c2nc(C(C)C)no2)cc1. The highest BCUT2D eigenvalue weighted by molar-refractivity contribution is 5.78. The second-order valence-corrected chi connectivity index (χ2v) is 7.22. The molecule has 146 valence electrons. The van der Waals surface area contributed by atoms with Crippen LogP contribution in [0.1, 0.15) is 55.9 Å². The molecule has 0 spiro atoms. The number of amides is 1. The van der Waals surface area contributed by atoms with Gasteiger partial charge in [0.15, 0.2) is 5.82 Å². The van der Waals surface area contributed by atoms with Gasteiger partial charge < -0.3 is 14.6 Å². The smallest absolute Gasteiger partial charge is 0.244 e. The molecule has 2 aromatic rings. The van der Waals surface area contributed by atoms with Crippen LogP contribution < -0.4 is 10.1 Å². The zero-order valence-corrected chi connectivity index (χ0v) is 16.3. The van der Waals surface area contributed by atoms with Crippen LogP contribution in [0, 0.1) is 0 Å². The maximum atomic E-state index is 12.3. The van der Waals surface area contributed by atoms with Gasteiger partial charge in [-0.05, 0) is 43.5 Å². The molecule has 0 unspecified atom stereocenters. The molecule has 1 aliphatic heterocycles. The molecule has 1 aliphatic rings. The van der Waals surface area contributed by atoms with E-state index in [4.69, 9.17) is 9.26 Å². The van der Waals surface area contributed by atoms with E-state index in [1.807, 2.05) is 38.1 Å². The van der Waals surface area contributed by atoms with Crippen molar-refractivity contribution in [3.05, 3.63) is 41.5 Å². The molecule has 1 amide bonds. The van der Waals surface area contributed by atoms with E-state index >= 15 is 0 Å². The van der Waals surface area contributed by atoms with E-state index in [-0.39, 0.29) is 17.9 Å². The van der Waals surface area contributed by atoms with Gasteiger partial charge in [0, 0.05) is 12.5 Å². The second kappa shape index (κ2) is 8.99. The molecule has 7 nitrogen and oxygen atoms in total. The Hall–Kier alpha value is -2.41. The number of carbonyl (C=O) groups is 1. The molecule has 1 fully saturated rings. The van der Waals surface area contributed by atoms with Gasteiger partial charge in [0.05, 0.1) is 19.7 Å². The fourth-order valence-corrected chi connectivity index (χ4v) is 3.29. The van der Waals surface area contributed by atoms with Crippen molar-refractivity contribution in [2.24, 2.45) is 0 Å². The van der Waals surface area contributed by atoms with Gasteiger partial charge in [0.1, 0.15) is 5.75 Å². The molecular weight excluding hydrogens is 344 g/mol. The van der Waals surface area contributed by atoms with E-state index in [1.165, 1.54) is 5.56 Å². The van der Waals surface area contributed by atoms with Crippen LogP contribution in [0.4, 0.5) is 0 Å². The van der Waals surface area contributed by atoms with Gasteiger partial charge >= 0.3 is 0 Å². The van der Waals surface area contributed by atoms with Crippen molar-refractivity contribution in [2.75, 3.05) is 26.7 Å². The molecule has 1 aromatic heterocycles. The molecule has 1 aromatic carbocycles. The lowest BCUT2D eigenvalue weighted by atomic mass is 10.1. The number of likely N-dealkylation sites (tertiary alicyclic amines) is 1. The average molecular weight is 372 g/mol. The lowest BCUT2D eigenvalue weighted by Gasteiger charge is -2.20. The summed E-state index contributed by atoms with van der Waals surface area (Å²) in [6.07, 6.45) is 2.77. The molecule has 1 atom stereocenters. The van der Waals surface area contributed by atoms with Crippen molar-refractivity contribution in [1.82, 2.24) is 20.4 Å². The first kappa shape index (κ1) is 19.4. The highest BCUT2D eigenvalue weighted by Gasteiger charge is 2.32. The fraction of sp³-hybridized carbons (Fsp3) is 0.550. The van der Waals surface area contributed by atoms with E-state index in [9.17, 15) is 4.79 Å². The average Bonchev–Trinajstić information content (AvgIpc) is 3.31. The normalized spacial score (nSPS) is 17.4. The summed E-state index contributed by atoms with van der Waals surface area (Å²) >= 11 is 0. The third-order valence-electron chi connectivity index (χ3n) is 4.86. The third-order valence-corrected chi connectivity index (χ3v) is 4.86. The molecule has 27 heavy (non-hydrogen) atoms. The maximum absolute atomic E-state index is 12.3. The van der Waals surface area contributed by atoms with Crippen LogP contribution in [0.3, 0.4) is 0 Å². The van der Waals surface area contributed by atoms with Crippen LogP contribution in [-0.2, 0) is 11.2 Å². The predicted molar refractivity (Wildman–Crippen MR) is 102 cm³/mol. The Morgan fingerprint density at radius 2 is 2.15 bits per heavy atom. The van der Waals surface area contributed by atoms with Gasteiger partial charge in [-0.3, -0.25) is 9.69 Å². The van der Waals surface area contributed by atoms with Crippen molar-refractivity contribution >= 4 is 5.91 Å². The number of nitrogens with zero attached hydrogens (tertiary/aromatic N) is 3. The summed E-state index contributed by atoms with van der Waals surface area (Å²) in [6, 6.07) is 7.94. The number of hydrogen-bond donors (Lipinski definition) is 1. The zero-order chi connectivity index (χ0) is 19.2. The van der Waals surface area contributed by atoms with Crippen LogP contribution >= 0.6 is 0 Å². The maximum Gasteiger partial charge on any atom is 0.244 e. The van der Waals surface area contributed by atoms with Crippen molar-refractivity contribution in [1.29, 1.82) is 0 Å². The van der Waals surface area contributed by atoms with Crippen LogP contribution in [0.5, 0.6) is 5.75 Å². The molecule has 1 N–H and O–H groups in total. The quantitative estimate of drug-likeness (QED) is 0.767. The van der Waals surface area contributed by atoms with E-state index in [0.717, 1.165) is 37.4 Å². The number of hydrogen-bond acceptors (Lipinski definition) is 6. The van der Waals surface area contributed by atoms with Gasteiger partial charge in [0.2, 0.25) is 11.8 Å². The molecule has 2 heterocycles. The number of methoxy groups -OCH3 is 1. The third kappa shape index (κ3) is 5.07. The van der Waals surface area contributed by atoms with E-state index < -0.39 is 0 Å². The van der Waals surface area contributed by atoms with Crippen molar-refractivity contribution in [2.45, 2.75) is 45.1 Å². The molecular formula is C20H28N4O3. The van der Waals surface area contributed by atoms with Crippen LogP contribution in [0.15, 0.2) is 28.8 Å². The lowest BCUT2D eigenvalue weighted by Crippen LogP contribution is -2.37. The van der Waals surface area contributed by atoms with Crippen LogP contribution in [0.2, 0.25) is 0 Å². The Kier molecular flexibility index (Phi) is 6.45. The summed E-state index contributed by atoms with van der Waals surface area (Å²) in [5.74, 6) is 2.45. The summed E-state index contributed by atoms with van der Waals surface area (Å²) in [4.78, 5) is 19.0. The molecule has 0 saturated carbocycles. The molecule has 1 saturated heterocycles. The number of carbonyl (C=O) groups excluding carboxylic acids is 1. The number of nitrogens with one attached hydrogen (secondary N) is 1. The number of benzene rings is 1. The minimum Gasteiger partial charge on any atom is -0.497 e. The summed E-state index contributed by atoms with van der Waals surface area (Å²) < 4.78 is 10.6. The summed E-state index contributed by atoms with van der Waals surface area (Å²) in [6.45, 7) is 5.92. The van der Waals surface area contributed by atoms with Gasteiger partial charge in [-0.2, -0.15) is 4.98 Å². The van der Waals surface area contributed by atoms with Crippen molar-refractivity contribution in [3.63, 3.8) is 0 Å². The minimum absolute atomic E-state index is 0.0269. The van der Waals surface area contributed by atoms with E-state index in [2.05, 4.69) is 20.4 Å². The summed E-state index contributed by atoms with van der Waals surface area (Å²) in [5.41, 5.74) is 1.17. The molecule has 3 rings (SSSR count). The largest absolute Gasteiger partial charge is 0.497 e. The Morgan fingerprint density at radius 1 is 1.37 bits per heavy atom. The first-order chi connectivity index (χ1) is 13.1. The Labute approximate surface area is 160 Å². The number of ether oxygens (including phenoxy) is 1. The molecule has 0 aliphatic carbocycles. The van der Waals surface area contributed by atoms with E-state index in [1.54, 1.807) is 7.11 Å². The minimum atomic E-state index is 0.0269. The monoisotopic (exact) mass is 372 g/mol. The molecule has 0 radical (unpaired) electrons. The van der Waals surface area contributed by atoms with Crippen molar-refractivity contribution < 1.29 is 14.1 Å². The van der Waals surface area contributed by atoms with Crippen LogP contribution in [-0.4, -0.2) is 47.7 Å². The Morgan fingerprint density at radius 3 is 2.81 bits per heavy atom. The van der Waals surface area contributed by atoms with Gasteiger partial charge in [0.25, 0.3) is 0 Å².